The standard InChI is InChI=1S/C8H7ClN6O/c9-6-2-10-5(1-11-6)8(16)12-3-7-13-4-14-15-7/h1-2,4H,3H2,(H,12,16)(H,13,14,15). The minimum atomic E-state index is -0.347. The average molecular weight is 239 g/mol. The molecule has 0 saturated heterocycles. The number of H-pyrrole nitrogens is 1. The van der Waals surface area contributed by atoms with Crippen molar-refractivity contribution in [1.82, 2.24) is 30.5 Å². The Labute approximate surface area is 95.3 Å². The number of nitrogens with one attached hydrogen (secondary N) is 2. The van der Waals surface area contributed by atoms with Gasteiger partial charge in [-0.2, -0.15) is 5.10 Å². The maximum Gasteiger partial charge on any atom is 0.271 e. The van der Waals surface area contributed by atoms with Gasteiger partial charge in [0.1, 0.15) is 23.0 Å². The molecule has 0 atom stereocenters. The van der Waals surface area contributed by atoms with Gasteiger partial charge >= 0.3 is 0 Å². The Morgan fingerprint density at radius 2 is 2.25 bits per heavy atom. The number of aromatic amines is 1. The van der Waals surface area contributed by atoms with E-state index in [1.165, 1.54) is 18.7 Å². The summed E-state index contributed by atoms with van der Waals surface area (Å²) in [6.07, 6.45) is 3.98. The highest BCUT2D eigenvalue weighted by molar-refractivity contribution is 6.29. The van der Waals surface area contributed by atoms with E-state index in [4.69, 9.17) is 11.6 Å². The molecule has 2 N–H and O–H groups in total. The van der Waals surface area contributed by atoms with Crippen molar-refractivity contribution in [1.29, 1.82) is 0 Å². The lowest BCUT2D eigenvalue weighted by Gasteiger charge is -2.01. The Bertz CT molecular complexity index is 468. The topological polar surface area (TPSA) is 96.5 Å². The average Bonchev–Trinajstić information content (AvgIpc) is 2.80. The number of carbonyl (C=O) groups excluding carboxylic acids is 1. The Kier molecular flexibility index (Phi) is 3.06. The zero-order chi connectivity index (χ0) is 11.4. The molecule has 0 fully saturated rings. The first-order chi connectivity index (χ1) is 7.75. The molecule has 2 aromatic rings. The van der Waals surface area contributed by atoms with Crippen LogP contribution in [-0.2, 0) is 6.54 Å². The highest BCUT2D eigenvalue weighted by Gasteiger charge is 2.07. The van der Waals surface area contributed by atoms with Crippen molar-refractivity contribution < 1.29 is 4.79 Å². The maximum absolute atomic E-state index is 11.5. The van der Waals surface area contributed by atoms with E-state index in [1.54, 1.807) is 0 Å². The molecule has 2 rings (SSSR count). The lowest BCUT2D eigenvalue weighted by Crippen LogP contribution is -2.24. The molecule has 0 spiro atoms. The fourth-order valence-electron chi connectivity index (χ4n) is 1.00. The van der Waals surface area contributed by atoms with Crippen molar-refractivity contribution in [3.05, 3.63) is 35.4 Å². The molecule has 0 bridgehead atoms. The van der Waals surface area contributed by atoms with E-state index in [0.29, 0.717) is 5.82 Å². The van der Waals surface area contributed by atoms with Gasteiger partial charge < -0.3 is 5.32 Å². The van der Waals surface area contributed by atoms with Gasteiger partial charge in [-0.3, -0.25) is 9.89 Å². The molecule has 82 valence electrons. The number of rotatable bonds is 3. The van der Waals surface area contributed by atoms with Crippen LogP contribution in [0.5, 0.6) is 0 Å². The summed E-state index contributed by atoms with van der Waals surface area (Å²) in [5.74, 6) is 0.218. The van der Waals surface area contributed by atoms with Gasteiger partial charge in [0.25, 0.3) is 5.91 Å². The van der Waals surface area contributed by atoms with Crippen LogP contribution < -0.4 is 5.32 Å². The maximum atomic E-state index is 11.5. The number of aromatic nitrogens is 5. The summed E-state index contributed by atoms with van der Waals surface area (Å²) in [6, 6.07) is 0. The molecule has 8 heteroatoms. The van der Waals surface area contributed by atoms with Gasteiger partial charge in [0.05, 0.1) is 18.9 Å². The Balaban J connectivity index is 1.95. The zero-order valence-corrected chi connectivity index (χ0v) is 8.77. The molecular formula is C8H7ClN6O. The second-order valence-electron chi connectivity index (χ2n) is 2.84. The normalized spacial score (nSPS) is 10.1. The number of hydrogen-bond acceptors (Lipinski definition) is 5. The summed E-state index contributed by atoms with van der Waals surface area (Å²) in [5, 5.41) is 9.12. The third-order valence-electron chi connectivity index (χ3n) is 1.73. The Morgan fingerprint density at radius 3 is 2.88 bits per heavy atom. The van der Waals surface area contributed by atoms with Crippen LogP contribution in [0.4, 0.5) is 0 Å². The molecule has 0 saturated carbocycles. The third-order valence-corrected chi connectivity index (χ3v) is 1.93. The predicted octanol–water partition coefficient (Wildman–Crippen LogP) is 0.178. The molecular weight excluding hydrogens is 232 g/mol. The van der Waals surface area contributed by atoms with E-state index >= 15 is 0 Å². The monoisotopic (exact) mass is 238 g/mol. The first-order valence-corrected chi connectivity index (χ1v) is 4.73. The highest BCUT2D eigenvalue weighted by Crippen LogP contribution is 2.01. The third kappa shape index (κ3) is 2.51. The van der Waals surface area contributed by atoms with Crippen LogP contribution in [0.3, 0.4) is 0 Å². The molecule has 2 aromatic heterocycles. The summed E-state index contributed by atoms with van der Waals surface area (Å²) in [4.78, 5) is 23.0. The van der Waals surface area contributed by atoms with E-state index in [1.807, 2.05) is 0 Å². The van der Waals surface area contributed by atoms with Crippen LogP contribution in [0.2, 0.25) is 5.15 Å². The summed E-state index contributed by atoms with van der Waals surface area (Å²) in [5.41, 5.74) is 0.198. The second kappa shape index (κ2) is 4.67. The Morgan fingerprint density at radius 1 is 1.38 bits per heavy atom. The van der Waals surface area contributed by atoms with Crippen LogP contribution in [-0.4, -0.2) is 31.1 Å². The second-order valence-corrected chi connectivity index (χ2v) is 3.23. The number of hydrogen-bond donors (Lipinski definition) is 2. The van der Waals surface area contributed by atoms with Crippen LogP contribution in [0, 0.1) is 0 Å². The van der Waals surface area contributed by atoms with Crippen molar-refractivity contribution in [2.45, 2.75) is 6.54 Å². The van der Waals surface area contributed by atoms with E-state index in [9.17, 15) is 4.79 Å². The summed E-state index contributed by atoms with van der Waals surface area (Å²) < 4.78 is 0. The van der Waals surface area contributed by atoms with Gasteiger partial charge in [-0.1, -0.05) is 11.6 Å². The molecule has 0 unspecified atom stereocenters. The van der Waals surface area contributed by atoms with Crippen molar-refractivity contribution in [3.8, 4) is 0 Å². The molecule has 7 nitrogen and oxygen atoms in total. The van der Waals surface area contributed by atoms with E-state index < -0.39 is 0 Å². The molecule has 0 aliphatic rings. The minimum absolute atomic E-state index is 0.198. The molecule has 16 heavy (non-hydrogen) atoms. The molecule has 0 aromatic carbocycles. The van der Waals surface area contributed by atoms with Gasteiger partial charge in [0, 0.05) is 0 Å². The van der Waals surface area contributed by atoms with Gasteiger partial charge in [-0.15, -0.1) is 0 Å². The number of nitrogens with zero attached hydrogens (tertiary/aromatic N) is 4. The minimum Gasteiger partial charge on any atom is -0.343 e. The highest BCUT2D eigenvalue weighted by atomic mass is 35.5. The van der Waals surface area contributed by atoms with Crippen molar-refractivity contribution in [2.75, 3.05) is 0 Å². The SMILES string of the molecule is O=C(NCc1ncn[nH]1)c1cnc(Cl)cn1. The predicted molar refractivity (Wildman–Crippen MR) is 54.6 cm³/mol. The summed E-state index contributed by atoms with van der Waals surface area (Å²) >= 11 is 5.55. The van der Waals surface area contributed by atoms with Crippen molar-refractivity contribution >= 4 is 17.5 Å². The lowest BCUT2D eigenvalue weighted by molar-refractivity contribution is 0.0944. The lowest BCUT2D eigenvalue weighted by atomic mass is 10.4. The molecule has 2 heterocycles. The van der Waals surface area contributed by atoms with Gasteiger partial charge in [0.2, 0.25) is 0 Å². The van der Waals surface area contributed by atoms with Gasteiger partial charge in [0.15, 0.2) is 0 Å². The smallest absolute Gasteiger partial charge is 0.271 e. The zero-order valence-electron chi connectivity index (χ0n) is 8.01. The Hall–Kier alpha value is -2.02. The molecule has 0 aliphatic carbocycles. The quantitative estimate of drug-likeness (QED) is 0.795. The van der Waals surface area contributed by atoms with Gasteiger partial charge in [-0.25, -0.2) is 15.0 Å². The summed E-state index contributed by atoms with van der Waals surface area (Å²) in [7, 11) is 0. The first kappa shape index (κ1) is 10.5. The summed E-state index contributed by atoms with van der Waals surface area (Å²) in [6.45, 7) is 0.253. The van der Waals surface area contributed by atoms with Crippen LogP contribution >= 0.6 is 11.6 Å². The van der Waals surface area contributed by atoms with Gasteiger partial charge in [-0.05, 0) is 0 Å². The molecule has 1 amide bonds. The first-order valence-electron chi connectivity index (χ1n) is 4.35. The van der Waals surface area contributed by atoms with Crippen molar-refractivity contribution in [2.24, 2.45) is 0 Å². The molecule has 0 aliphatic heterocycles. The molecule has 0 radical (unpaired) electrons. The van der Waals surface area contributed by atoms with Crippen LogP contribution in [0.25, 0.3) is 0 Å². The van der Waals surface area contributed by atoms with Crippen molar-refractivity contribution in [3.63, 3.8) is 0 Å². The van der Waals surface area contributed by atoms with Crippen LogP contribution in [0.15, 0.2) is 18.7 Å². The van der Waals surface area contributed by atoms with E-state index in [0.717, 1.165) is 0 Å². The number of halogens is 1. The number of carbonyl (C=O) groups is 1. The van der Waals surface area contributed by atoms with Crippen LogP contribution in [0.1, 0.15) is 16.3 Å². The van der Waals surface area contributed by atoms with E-state index in [2.05, 4.69) is 30.5 Å². The van der Waals surface area contributed by atoms with E-state index in [-0.39, 0.29) is 23.3 Å². The number of amides is 1. The fourth-order valence-corrected chi connectivity index (χ4v) is 1.10. The fraction of sp³-hybridized carbons (Fsp3) is 0.125. The largest absolute Gasteiger partial charge is 0.343 e.